The Morgan fingerprint density at radius 2 is 1.65 bits per heavy atom. The van der Waals surface area contributed by atoms with E-state index in [9.17, 15) is 19.2 Å². The van der Waals surface area contributed by atoms with Gasteiger partial charge in [-0.25, -0.2) is 9.59 Å². The van der Waals surface area contributed by atoms with Crippen molar-refractivity contribution in [3.8, 4) is 5.75 Å². The van der Waals surface area contributed by atoms with Gasteiger partial charge < -0.3 is 30.2 Å². The van der Waals surface area contributed by atoms with Gasteiger partial charge in [0.2, 0.25) is 5.91 Å². The first kappa shape index (κ1) is 26.2. The molecule has 0 unspecified atom stereocenters. The molecule has 0 bridgehead atoms. The fourth-order valence-electron chi connectivity index (χ4n) is 2.61. The molecule has 2 aromatic rings. The summed E-state index contributed by atoms with van der Waals surface area (Å²) in [7, 11) is 0. The summed E-state index contributed by atoms with van der Waals surface area (Å²) in [5.41, 5.74) is 1.00. The Morgan fingerprint density at radius 1 is 0.941 bits per heavy atom. The maximum absolute atomic E-state index is 12.5. The van der Waals surface area contributed by atoms with Crippen LogP contribution in [-0.4, -0.2) is 42.8 Å². The van der Waals surface area contributed by atoms with E-state index in [0.717, 1.165) is 5.56 Å². The quantitative estimate of drug-likeness (QED) is 0.396. The number of alkyl carbamates (subject to hydrolysis) is 1. The van der Waals surface area contributed by atoms with Crippen LogP contribution in [0.15, 0.2) is 48.5 Å². The molecule has 2 aromatic carbocycles. The highest BCUT2D eigenvalue weighted by Gasteiger charge is 2.16. The molecule has 0 fully saturated rings. The fraction of sp³-hybridized carbons (Fsp3) is 0.333. The van der Waals surface area contributed by atoms with Crippen LogP contribution < -0.4 is 20.7 Å². The van der Waals surface area contributed by atoms with Gasteiger partial charge >= 0.3 is 12.2 Å². The molecule has 182 valence electrons. The minimum Gasteiger partial charge on any atom is -0.444 e. The minimum absolute atomic E-state index is 0.199. The van der Waals surface area contributed by atoms with Gasteiger partial charge in [0.05, 0.1) is 6.61 Å². The van der Waals surface area contributed by atoms with Gasteiger partial charge in [-0.3, -0.25) is 9.59 Å². The molecule has 3 N–H and O–H groups in total. The summed E-state index contributed by atoms with van der Waals surface area (Å²) < 4.78 is 14.7. The van der Waals surface area contributed by atoms with E-state index < -0.39 is 17.8 Å². The summed E-state index contributed by atoms with van der Waals surface area (Å²) in [6.07, 6.45) is -1.49. The minimum atomic E-state index is -0.816. The first-order valence-corrected chi connectivity index (χ1v) is 10.6. The molecule has 0 aliphatic carbocycles. The van der Waals surface area contributed by atoms with Crippen LogP contribution in [-0.2, 0) is 20.8 Å². The average molecular weight is 472 g/mol. The topological polar surface area (TPSA) is 132 Å². The lowest BCUT2D eigenvalue weighted by atomic mass is 10.1. The number of carbonyl (C=O) groups is 4. The van der Waals surface area contributed by atoms with Crippen LogP contribution in [0.5, 0.6) is 5.75 Å². The number of hydrogen-bond donors (Lipinski definition) is 3. The maximum atomic E-state index is 12.5. The SMILES string of the molecule is CCOC(=O)Oc1ccc(C(=O)Nc2cccc(CNC(=O)CNC(=O)OC(C)(C)C)c2)cc1. The third-order valence-corrected chi connectivity index (χ3v) is 4.05. The Balaban J connectivity index is 1.84. The molecule has 0 spiro atoms. The molecule has 2 rings (SSSR count). The Hall–Kier alpha value is -4.08. The number of hydrogen-bond acceptors (Lipinski definition) is 7. The van der Waals surface area contributed by atoms with Crippen molar-refractivity contribution in [2.45, 2.75) is 39.8 Å². The third kappa shape index (κ3) is 9.60. The zero-order valence-electron chi connectivity index (χ0n) is 19.6. The number of carbonyl (C=O) groups excluding carboxylic acids is 4. The molecule has 10 nitrogen and oxygen atoms in total. The summed E-state index contributed by atoms with van der Waals surface area (Å²) in [6, 6.07) is 13.0. The van der Waals surface area contributed by atoms with Crippen molar-refractivity contribution in [3.05, 3.63) is 59.7 Å². The lowest BCUT2D eigenvalue weighted by molar-refractivity contribution is -0.120. The number of benzene rings is 2. The second-order valence-electron chi connectivity index (χ2n) is 8.10. The first-order chi connectivity index (χ1) is 16.1. The van der Waals surface area contributed by atoms with Crippen LogP contribution in [0.1, 0.15) is 43.6 Å². The van der Waals surface area contributed by atoms with E-state index in [0.29, 0.717) is 11.3 Å². The molecule has 0 aromatic heterocycles. The van der Waals surface area contributed by atoms with Crippen molar-refractivity contribution < 1.29 is 33.4 Å². The number of anilines is 1. The summed E-state index contributed by atoms with van der Waals surface area (Å²) in [5.74, 6) is -0.482. The number of nitrogens with one attached hydrogen (secondary N) is 3. The van der Waals surface area contributed by atoms with Gasteiger partial charge in [0.25, 0.3) is 5.91 Å². The summed E-state index contributed by atoms with van der Waals surface area (Å²) >= 11 is 0. The third-order valence-electron chi connectivity index (χ3n) is 4.05. The highest BCUT2D eigenvalue weighted by molar-refractivity contribution is 6.04. The second kappa shape index (κ2) is 12.2. The molecule has 0 radical (unpaired) electrons. The lowest BCUT2D eigenvalue weighted by Crippen LogP contribution is -2.39. The fourth-order valence-corrected chi connectivity index (χ4v) is 2.61. The van der Waals surface area contributed by atoms with Gasteiger partial charge in [-0.2, -0.15) is 0 Å². The number of amides is 3. The van der Waals surface area contributed by atoms with Gasteiger partial charge in [0, 0.05) is 17.8 Å². The van der Waals surface area contributed by atoms with Crippen LogP contribution in [0.4, 0.5) is 15.3 Å². The van der Waals surface area contributed by atoms with E-state index in [1.807, 2.05) is 0 Å². The average Bonchev–Trinajstić information content (AvgIpc) is 2.76. The molecule has 3 amide bonds. The predicted molar refractivity (Wildman–Crippen MR) is 125 cm³/mol. The predicted octanol–water partition coefficient (Wildman–Crippen LogP) is 3.62. The highest BCUT2D eigenvalue weighted by Crippen LogP contribution is 2.16. The van der Waals surface area contributed by atoms with Crippen LogP contribution in [0.2, 0.25) is 0 Å². The molecular formula is C24H29N3O7. The summed E-state index contributed by atoms with van der Waals surface area (Å²) in [6.45, 7) is 7.04. The van der Waals surface area contributed by atoms with Crippen molar-refractivity contribution in [1.29, 1.82) is 0 Å². The van der Waals surface area contributed by atoms with E-state index in [1.54, 1.807) is 52.0 Å². The first-order valence-electron chi connectivity index (χ1n) is 10.6. The molecule has 10 heteroatoms. The maximum Gasteiger partial charge on any atom is 0.513 e. The van der Waals surface area contributed by atoms with Gasteiger partial charge in [0.1, 0.15) is 17.9 Å². The zero-order valence-corrected chi connectivity index (χ0v) is 19.6. The van der Waals surface area contributed by atoms with Crippen molar-refractivity contribution in [1.82, 2.24) is 10.6 Å². The lowest BCUT2D eigenvalue weighted by Gasteiger charge is -2.19. The standard InChI is InChI=1S/C24H29N3O7/c1-5-32-23(31)33-19-11-9-17(10-12-19)21(29)27-18-8-6-7-16(13-18)14-25-20(28)15-26-22(30)34-24(2,3)4/h6-13H,5,14-15H2,1-4H3,(H,25,28)(H,26,30)(H,27,29). The molecule has 0 atom stereocenters. The molecule has 0 aliphatic heterocycles. The molecule has 0 saturated carbocycles. The van der Waals surface area contributed by atoms with Crippen LogP contribution >= 0.6 is 0 Å². The summed E-state index contributed by atoms with van der Waals surface area (Å²) in [5, 5.41) is 7.84. The summed E-state index contributed by atoms with van der Waals surface area (Å²) in [4.78, 5) is 47.4. The molecule has 0 heterocycles. The van der Waals surface area contributed by atoms with Gasteiger partial charge in [-0.1, -0.05) is 12.1 Å². The van der Waals surface area contributed by atoms with E-state index in [4.69, 9.17) is 14.2 Å². The van der Waals surface area contributed by atoms with Crippen LogP contribution in [0, 0.1) is 0 Å². The number of ether oxygens (including phenoxy) is 3. The van der Waals surface area contributed by atoms with Crippen molar-refractivity contribution in [2.24, 2.45) is 0 Å². The second-order valence-corrected chi connectivity index (χ2v) is 8.10. The largest absolute Gasteiger partial charge is 0.513 e. The highest BCUT2D eigenvalue weighted by atomic mass is 16.7. The van der Waals surface area contributed by atoms with Crippen molar-refractivity contribution in [2.75, 3.05) is 18.5 Å². The van der Waals surface area contributed by atoms with Crippen LogP contribution in [0.25, 0.3) is 0 Å². The molecule has 0 saturated heterocycles. The zero-order chi connectivity index (χ0) is 25.1. The molecule has 0 aliphatic rings. The smallest absolute Gasteiger partial charge is 0.444 e. The Morgan fingerprint density at radius 3 is 2.29 bits per heavy atom. The Kier molecular flexibility index (Phi) is 9.42. The van der Waals surface area contributed by atoms with Crippen molar-refractivity contribution in [3.63, 3.8) is 0 Å². The number of rotatable bonds is 8. The Labute approximate surface area is 198 Å². The van der Waals surface area contributed by atoms with Crippen LogP contribution in [0.3, 0.4) is 0 Å². The van der Waals surface area contributed by atoms with Crippen molar-refractivity contribution >= 4 is 29.8 Å². The van der Waals surface area contributed by atoms with Gasteiger partial charge in [-0.15, -0.1) is 0 Å². The van der Waals surface area contributed by atoms with E-state index >= 15 is 0 Å². The normalized spacial score (nSPS) is 10.6. The molecule has 34 heavy (non-hydrogen) atoms. The van der Waals surface area contributed by atoms with E-state index in [1.165, 1.54) is 24.3 Å². The monoisotopic (exact) mass is 471 g/mol. The Bertz CT molecular complexity index is 1010. The van der Waals surface area contributed by atoms with E-state index in [2.05, 4.69) is 16.0 Å². The van der Waals surface area contributed by atoms with Gasteiger partial charge in [0.15, 0.2) is 0 Å². The van der Waals surface area contributed by atoms with E-state index in [-0.39, 0.29) is 37.3 Å². The van der Waals surface area contributed by atoms with Gasteiger partial charge in [-0.05, 0) is 69.7 Å². The molecular weight excluding hydrogens is 442 g/mol.